The first kappa shape index (κ1) is 19.6. The number of ether oxygens (including phenoxy) is 1. The molecule has 0 aliphatic carbocycles. The number of nitrogens with zero attached hydrogens (tertiary/aromatic N) is 1. The molecule has 0 unspecified atom stereocenters. The van der Waals surface area contributed by atoms with Crippen molar-refractivity contribution in [3.63, 3.8) is 0 Å². The number of carbonyl (C=O) groups is 1. The van der Waals surface area contributed by atoms with Gasteiger partial charge < -0.3 is 20.7 Å². The van der Waals surface area contributed by atoms with Gasteiger partial charge in [-0.05, 0) is 29.3 Å². The molecule has 0 aliphatic rings. The molecule has 2 aromatic carbocycles. The van der Waals surface area contributed by atoms with Crippen molar-refractivity contribution in [1.29, 1.82) is 0 Å². The minimum atomic E-state index is -0.124. The van der Waals surface area contributed by atoms with Crippen LogP contribution in [0.4, 0.5) is 0 Å². The van der Waals surface area contributed by atoms with Gasteiger partial charge in [-0.1, -0.05) is 41.9 Å². The third kappa shape index (κ3) is 6.29. The highest BCUT2D eigenvalue weighted by molar-refractivity contribution is 6.31. The SMILES string of the molecule is CN=C(NCC(=O)NCc1ccc(OC)cc1)NCc1ccccc1Cl. The van der Waals surface area contributed by atoms with Gasteiger partial charge in [-0.25, -0.2) is 0 Å². The van der Waals surface area contributed by atoms with Crippen LogP contribution in [-0.4, -0.2) is 32.6 Å². The summed E-state index contributed by atoms with van der Waals surface area (Å²) < 4.78 is 5.11. The van der Waals surface area contributed by atoms with E-state index < -0.39 is 0 Å². The Bertz CT molecular complexity index is 747. The van der Waals surface area contributed by atoms with Gasteiger partial charge in [0.1, 0.15) is 5.75 Å². The molecule has 0 aliphatic heterocycles. The fourth-order valence-electron chi connectivity index (χ4n) is 2.21. The highest BCUT2D eigenvalue weighted by Crippen LogP contribution is 2.14. The van der Waals surface area contributed by atoms with Gasteiger partial charge in [0.25, 0.3) is 0 Å². The van der Waals surface area contributed by atoms with Gasteiger partial charge in [-0.15, -0.1) is 0 Å². The summed E-state index contributed by atoms with van der Waals surface area (Å²) in [5.41, 5.74) is 1.96. The van der Waals surface area contributed by atoms with E-state index in [2.05, 4.69) is 20.9 Å². The zero-order valence-electron chi connectivity index (χ0n) is 14.9. The molecule has 3 N–H and O–H groups in total. The van der Waals surface area contributed by atoms with E-state index >= 15 is 0 Å². The van der Waals surface area contributed by atoms with Crippen LogP contribution in [0.15, 0.2) is 53.5 Å². The maximum absolute atomic E-state index is 12.0. The number of guanidine groups is 1. The molecule has 0 aromatic heterocycles. The fraction of sp³-hybridized carbons (Fsp3) is 0.263. The van der Waals surface area contributed by atoms with Crippen LogP contribution >= 0.6 is 11.6 Å². The molecule has 0 fully saturated rings. The Kier molecular flexibility index (Phi) is 7.76. The summed E-state index contributed by atoms with van der Waals surface area (Å²) in [5, 5.41) is 9.65. The number of hydrogen-bond acceptors (Lipinski definition) is 3. The van der Waals surface area contributed by atoms with Crippen LogP contribution in [0.2, 0.25) is 5.02 Å². The highest BCUT2D eigenvalue weighted by atomic mass is 35.5. The van der Waals surface area contributed by atoms with Crippen LogP contribution in [0, 0.1) is 0 Å². The lowest BCUT2D eigenvalue weighted by Crippen LogP contribution is -2.42. The first-order chi connectivity index (χ1) is 12.6. The van der Waals surface area contributed by atoms with Crippen molar-refractivity contribution in [2.75, 3.05) is 20.7 Å². The lowest BCUT2D eigenvalue weighted by molar-refractivity contribution is -0.120. The van der Waals surface area contributed by atoms with Crippen molar-refractivity contribution in [3.8, 4) is 5.75 Å². The lowest BCUT2D eigenvalue weighted by Gasteiger charge is -2.13. The quantitative estimate of drug-likeness (QED) is 0.513. The first-order valence-corrected chi connectivity index (χ1v) is 8.57. The molecule has 0 atom stereocenters. The van der Waals surface area contributed by atoms with Crippen molar-refractivity contribution >= 4 is 23.5 Å². The van der Waals surface area contributed by atoms with Gasteiger partial charge >= 0.3 is 0 Å². The average Bonchev–Trinajstić information content (AvgIpc) is 2.68. The predicted molar refractivity (Wildman–Crippen MR) is 104 cm³/mol. The normalized spacial score (nSPS) is 11.0. The van der Waals surface area contributed by atoms with E-state index in [1.807, 2.05) is 48.5 Å². The molecule has 0 radical (unpaired) electrons. The van der Waals surface area contributed by atoms with Gasteiger partial charge in [-0.3, -0.25) is 9.79 Å². The predicted octanol–water partition coefficient (Wildman–Crippen LogP) is 2.33. The standard InChI is InChI=1S/C19H23ClN4O2/c1-21-19(23-12-15-5-3-4-6-17(15)20)24-13-18(25)22-11-14-7-9-16(26-2)10-8-14/h3-10H,11-13H2,1-2H3,(H,22,25)(H2,21,23,24). The van der Waals surface area contributed by atoms with Gasteiger partial charge in [0, 0.05) is 25.2 Å². The molecular weight excluding hydrogens is 352 g/mol. The third-order valence-corrected chi connectivity index (χ3v) is 4.06. The van der Waals surface area contributed by atoms with Crippen LogP contribution < -0.4 is 20.7 Å². The topological polar surface area (TPSA) is 74.8 Å². The largest absolute Gasteiger partial charge is 0.497 e. The monoisotopic (exact) mass is 374 g/mol. The van der Waals surface area contributed by atoms with E-state index in [-0.39, 0.29) is 12.5 Å². The highest BCUT2D eigenvalue weighted by Gasteiger charge is 2.05. The molecule has 0 saturated carbocycles. The van der Waals surface area contributed by atoms with Crippen LogP contribution in [0.25, 0.3) is 0 Å². The molecule has 26 heavy (non-hydrogen) atoms. The summed E-state index contributed by atoms with van der Waals surface area (Å²) in [4.78, 5) is 16.1. The first-order valence-electron chi connectivity index (χ1n) is 8.20. The molecule has 6 nitrogen and oxygen atoms in total. The van der Waals surface area contributed by atoms with Crippen LogP contribution in [0.1, 0.15) is 11.1 Å². The molecule has 138 valence electrons. The second kappa shape index (κ2) is 10.3. The van der Waals surface area contributed by atoms with Crippen LogP contribution in [0.3, 0.4) is 0 Å². The minimum Gasteiger partial charge on any atom is -0.497 e. The third-order valence-electron chi connectivity index (χ3n) is 3.69. The van der Waals surface area contributed by atoms with Crippen molar-refractivity contribution in [3.05, 3.63) is 64.7 Å². The molecule has 0 heterocycles. The van der Waals surface area contributed by atoms with E-state index in [1.165, 1.54) is 0 Å². The van der Waals surface area contributed by atoms with Crippen molar-refractivity contribution < 1.29 is 9.53 Å². The van der Waals surface area contributed by atoms with E-state index in [4.69, 9.17) is 16.3 Å². The number of carbonyl (C=O) groups excluding carboxylic acids is 1. The molecule has 7 heteroatoms. The number of rotatable bonds is 7. The number of methoxy groups -OCH3 is 1. The molecule has 2 rings (SSSR count). The van der Waals surface area contributed by atoms with Crippen molar-refractivity contribution in [2.45, 2.75) is 13.1 Å². The Labute approximate surface area is 158 Å². The van der Waals surface area contributed by atoms with Crippen LogP contribution in [-0.2, 0) is 17.9 Å². The Morgan fingerprint density at radius 2 is 1.77 bits per heavy atom. The second-order valence-corrected chi connectivity index (χ2v) is 5.90. The summed E-state index contributed by atoms with van der Waals surface area (Å²) in [6.07, 6.45) is 0. The number of nitrogens with one attached hydrogen (secondary N) is 3. The van der Waals surface area contributed by atoms with Crippen LogP contribution in [0.5, 0.6) is 5.75 Å². The summed E-state index contributed by atoms with van der Waals surface area (Å²) in [5.74, 6) is 1.20. The van der Waals surface area contributed by atoms with Crippen molar-refractivity contribution in [1.82, 2.24) is 16.0 Å². The molecule has 0 spiro atoms. The van der Waals surface area contributed by atoms with Gasteiger partial charge in [0.2, 0.25) is 5.91 Å². The average molecular weight is 375 g/mol. The van der Waals surface area contributed by atoms with Gasteiger partial charge in [-0.2, -0.15) is 0 Å². The maximum atomic E-state index is 12.0. The van der Waals surface area contributed by atoms with E-state index in [1.54, 1.807) is 14.2 Å². The van der Waals surface area contributed by atoms with Crippen molar-refractivity contribution in [2.24, 2.45) is 4.99 Å². The summed E-state index contributed by atoms with van der Waals surface area (Å²) in [7, 11) is 3.27. The van der Waals surface area contributed by atoms with E-state index in [9.17, 15) is 4.79 Å². The molecule has 2 aromatic rings. The second-order valence-electron chi connectivity index (χ2n) is 5.50. The molecule has 0 saturated heterocycles. The summed E-state index contributed by atoms with van der Waals surface area (Å²) in [6.45, 7) is 1.10. The number of amides is 1. The van der Waals surface area contributed by atoms with Gasteiger partial charge in [0.05, 0.1) is 13.7 Å². The number of benzene rings is 2. The Morgan fingerprint density at radius 3 is 2.42 bits per heavy atom. The molecular formula is C19H23ClN4O2. The summed E-state index contributed by atoms with van der Waals surface area (Å²) >= 11 is 6.12. The lowest BCUT2D eigenvalue weighted by atomic mass is 10.2. The van der Waals surface area contributed by atoms with Gasteiger partial charge in [0.15, 0.2) is 5.96 Å². The fourth-order valence-corrected chi connectivity index (χ4v) is 2.41. The molecule has 0 bridgehead atoms. The maximum Gasteiger partial charge on any atom is 0.239 e. The number of halogens is 1. The number of aliphatic imine (C=N–C) groups is 1. The Morgan fingerprint density at radius 1 is 1.04 bits per heavy atom. The van der Waals surface area contributed by atoms with E-state index in [0.29, 0.717) is 24.1 Å². The molecule has 1 amide bonds. The Balaban J connectivity index is 1.73. The minimum absolute atomic E-state index is 0.123. The zero-order valence-corrected chi connectivity index (χ0v) is 15.6. The zero-order chi connectivity index (χ0) is 18.8. The smallest absolute Gasteiger partial charge is 0.239 e. The Hall–Kier alpha value is -2.73. The summed E-state index contributed by atoms with van der Waals surface area (Å²) in [6, 6.07) is 15.1. The number of hydrogen-bond donors (Lipinski definition) is 3. The van der Waals surface area contributed by atoms with E-state index in [0.717, 1.165) is 16.9 Å².